The molecule has 1 aromatic heterocycles. The predicted molar refractivity (Wildman–Crippen MR) is 71.6 cm³/mol. The van der Waals surface area contributed by atoms with Crippen molar-refractivity contribution in [3.8, 4) is 0 Å². The minimum absolute atomic E-state index is 0.130. The minimum Gasteiger partial charge on any atom is -0.481 e. The molecule has 0 unspecified atom stereocenters. The molecular formula is C14H13FN2O4. The van der Waals surface area contributed by atoms with E-state index in [4.69, 9.17) is 9.63 Å². The number of benzene rings is 1. The first kappa shape index (κ1) is 14.7. The van der Waals surface area contributed by atoms with Crippen LogP contribution in [0.25, 0.3) is 0 Å². The Balaban J connectivity index is 2.32. The maximum absolute atomic E-state index is 13.7. The minimum atomic E-state index is -1.07. The van der Waals surface area contributed by atoms with Crippen LogP contribution >= 0.6 is 0 Å². The predicted octanol–water partition coefficient (Wildman–Crippen LogP) is 2.24. The van der Waals surface area contributed by atoms with Crippen molar-refractivity contribution in [3.63, 3.8) is 0 Å². The smallest absolute Gasteiger partial charge is 0.305 e. The van der Waals surface area contributed by atoms with Crippen LogP contribution in [0, 0.1) is 12.7 Å². The van der Waals surface area contributed by atoms with E-state index in [2.05, 4.69) is 5.16 Å². The zero-order valence-corrected chi connectivity index (χ0v) is 11.2. The van der Waals surface area contributed by atoms with Crippen molar-refractivity contribution in [2.45, 2.75) is 13.3 Å². The molecule has 0 aliphatic carbocycles. The van der Waals surface area contributed by atoms with Gasteiger partial charge in [0.25, 0.3) is 5.91 Å². The van der Waals surface area contributed by atoms with Crippen molar-refractivity contribution in [2.75, 3.05) is 11.4 Å². The Morgan fingerprint density at radius 2 is 2.10 bits per heavy atom. The van der Waals surface area contributed by atoms with E-state index in [9.17, 15) is 14.0 Å². The summed E-state index contributed by atoms with van der Waals surface area (Å²) in [5, 5.41) is 12.5. The molecule has 21 heavy (non-hydrogen) atoms. The summed E-state index contributed by atoms with van der Waals surface area (Å²) in [4.78, 5) is 24.2. The fourth-order valence-electron chi connectivity index (χ4n) is 1.79. The van der Waals surface area contributed by atoms with Crippen LogP contribution in [-0.2, 0) is 4.79 Å². The second-order valence-corrected chi connectivity index (χ2v) is 4.38. The second kappa shape index (κ2) is 6.17. The molecule has 0 saturated heterocycles. The molecule has 2 aromatic rings. The summed E-state index contributed by atoms with van der Waals surface area (Å²) in [5.74, 6) is -1.79. The number of carboxylic acid groups (broad SMARTS) is 1. The van der Waals surface area contributed by atoms with Gasteiger partial charge in [0, 0.05) is 12.6 Å². The Bertz CT molecular complexity index is 668. The number of hydrogen-bond donors (Lipinski definition) is 1. The molecule has 1 aromatic carbocycles. The number of carbonyl (C=O) groups excluding carboxylic acids is 1. The van der Waals surface area contributed by atoms with Gasteiger partial charge < -0.3 is 9.63 Å². The molecule has 0 saturated carbocycles. The van der Waals surface area contributed by atoms with E-state index in [1.165, 1.54) is 24.3 Å². The van der Waals surface area contributed by atoms with Crippen molar-refractivity contribution in [3.05, 3.63) is 47.5 Å². The highest BCUT2D eigenvalue weighted by molar-refractivity contribution is 6.05. The Morgan fingerprint density at radius 3 is 2.67 bits per heavy atom. The summed E-state index contributed by atoms with van der Waals surface area (Å²) in [5.41, 5.74) is -0.149. The largest absolute Gasteiger partial charge is 0.481 e. The molecule has 0 radical (unpaired) electrons. The average Bonchev–Trinajstić information content (AvgIpc) is 2.85. The third-order valence-electron chi connectivity index (χ3n) is 2.79. The third-order valence-corrected chi connectivity index (χ3v) is 2.79. The Labute approximate surface area is 119 Å². The number of carboxylic acids is 1. The van der Waals surface area contributed by atoms with E-state index in [0.717, 1.165) is 11.0 Å². The van der Waals surface area contributed by atoms with Gasteiger partial charge in [-0.15, -0.1) is 0 Å². The van der Waals surface area contributed by atoms with Crippen LogP contribution in [0.5, 0.6) is 0 Å². The van der Waals surface area contributed by atoms with E-state index in [1.807, 2.05) is 0 Å². The first-order valence-electron chi connectivity index (χ1n) is 6.20. The van der Waals surface area contributed by atoms with Crippen molar-refractivity contribution >= 4 is 17.7 Å². The summed E-state index contributed by atoms with van der Waals surface area (Å²) in [6, 6.07) is 6.98. The zero-order valence-electron chi connectivity index (χ0n) is 11.2. The monoisotopic (exact) mass is 292 g/mol. The van der Waals surface area contributed by atoms with Gasteiger partial charge in [0.05, 0.1) is 12.0 Å². The van der Waals surface area contributed by atoms with Crippen LogP contribution in [0.4, 0.5) is 10.2 Å². The molecule has 7 heteroatoms. The van der Waals surface area contributed by atoms with Crippen LogP contribution in [0.3, 0.4) is 0 Å². The highest BCUT2D eigenvalue weighted by Crippen LogP contribution is 2.19. The van der Waals surface area contributed by atoms with Crippen LogP contribution in [0.15, 0.2) is 34.9 Å². The highest BCUT2D eigenvalue weighted by Gasteiger charge is 2.23. The lowest BCUT2D eigenvalue weighted by Crippen LogP contribution is -2.33. The fraction of sp³-hybridized carbons (Fsp3) is 0.214. The standard InChI is InChI=1S/C14H13FN2O4/c1-9-8-12(16-21-9)17(7-6-13(18)19)14(20)10-4-2-3-5-11(10)15/h2-5,8H,6-7H2,1H3,(H,18,19). The number of halogens is 1. The van der Waals surface area contributed by atoms with Gasteiger partial charge in [-0.1, -0.05) is 17.3 Å². The number of hydrogen-bond acceptors (Lipinski definition) is 4. The maximum Gasteiger partial charge on any atom is 0.305 e. The number of aryl methyl sites for hydroxylation is 1. The van der Waals surface area contributed by atoms with Crippen LogP contribution < -0.4 is 4.90 Å². The Morgan fingerprint density at radius 1 is 1.38 bits per heavy atom. The third kappa shape index (κ3) is 3.44. The molecule has 1 amide bonds. The molecule has 0 spiro atoms. The second-order valence-electron chi connectivity index (χ2n) is 4.38. The molecule has 1 heterocycles. The summed E-state index contributed by atoms with van der Waals surface area (Å²) < 4.78 is 18.6. The van der Waals surface area contributed by atoms with Gasteiger partial charge in [0.2, 0.25) is 0 Å². The number of anilines is 1. The number of aromatic nitrogens is 1. The lowest BCUT2D eigenvalue weighted by Gasteiger charge is -2.19. The number of aliphatic carboxylic acids is 1. The van der Waals surface area contributed by atoms with E-state index in [-0.39, 0.29) is 24.3 Å². The van der Waals surface area contributed by atoms with E-state index < -0.39 is 17.7 Å². The normalized spacial score (nSPS) is 10.4. The van der Waals surface area contributed by atoms with Gasteiger partial charge in [-0.25, -0.2) is 4.39 Å². The number of nitrogens with zero attached hydrogens (tertiary/aromatic N) is 2. The lowest BCUT2D eigenvalue weighted by molar-refractivity contribution is -0.136. The SMILES string of the molecule is Cc1cc(N(CCC(=O)O)C(=O)c2ccccc2F)no1. The van der Waals surface area contributed by atoms with Crippen molar-refractivity contribution < 1.29 is 23.6 Å². The molecule has 0 atom stereocenters. The first-order valence-corrected chi connectivity index (χ1v) is 6.20. The van der Waals surface area contributed by atoms with Gasteiger partial charge in [0.15, 0.2) is 5.82 Å². The summed E-state index contributed by atoms with van der Waals surface area (Å²) in [6.07, 6.45) is -0.286. The molecule has 0 bridgehead atoms. The molecular weight excluding hydrogens is 279 g/mol. The van der Waals surface area contributed by atoms with Gasteiger partial charge in [-0.3, -0.25) is 14.5 Å². The van der Waals surface area contributed by atoms with Crippen LogP contribution in [0.1, 0.15) is 22.5 Å². The van der Waals surface area contributed by atoms with Crippen molar-refractivity contribution in [2.24, 2.45) is 0 Å². The molecule has 2 rings (SSSR count). The highest BCUT2D eigenvalue weighted by atomic mass is 19.1. The molecule has 0 fully saturated rings. The van der Waals surface area contributed by atoms with Gasteiger partial charge in [-0.2, -0.15) is 0 Å². The average molecular weight is 292 g/mol. The molecule has 6 nitrogen and oxygen atoms in total. The van der Waals surface area contributed by atoms with Crippen LogP contribution in [-0.4, -0.2) is 28.7 Å². The molecule has 0 aliphatic rings. The Hall–Kier alpha value is -2.70. The molecule has 110 valence electrons. The number of carbonyl (C=O) groups is 2. The summed E-state index contributed by atoms with van der Waals surface area (Å²) in [6.45, 7) is 1.51. The molecule has 0 aliphatic heterocycles. The summed E-state index contributed by atoms with van der Waals surface area (Å²) >= 11 is 0. The quantitative estimate of drug-likeness (QED) is 0.913. The van der Waals surface area contributed by atoms with Crippen molar-refractivity contribution in [1.29, 1.82) is 0 Å². The van der Waals surface area contributed by atoms with E-state index >= 15 is 0 Å². The first-order chi connectivity index (χ1) is 9.99. The fourth-order valence-corrected chi connectivity index (χ4v) is 1.79. The van der Waals surface area contributed by atoms with Gasteiger partial charge in [0.1, 0.15) is 11.6 Å². The van der Waals surface area contributed by atoms with Gasteiger partial charge in [-0.05, 0) is 19.1 Å². The topological polar surface area (TPSA) is 83.6 Å². The molecule has 1 N–H and O–H groups in total. The number of rotatable bonds is 5. The van der Waals surface area contributed by atoms with E-state index in [0.29, 0.717) is 5.76 Å². The van der Waals surface area contributed by atoms with Crippen molar-refractivity contribution in [1.82, 2.24) is 5.16 Å². The van der Waals surface area contributed by atoms with Crippen LogP contribution in [0.2, 0.25) is 0 Å². The Kier molecular flexibility index (Phi) is 4.32. The van der Waals surface area contributed by atoms with E-state index in [1.54, 1.807) is 6.92 Å². The summed E-state index contributed by atoms with van der Waals surface area (Å²) in [7, 11) is 0. The lowest BCUT2D eigenvalue weighted by atomic mass is 10.1. The zero-order chi connectivity index (χ0) is 15.4. The van der Waals surface area contributed by atoms with Gasteiger partial charge >= 0.3 is 5.97 Å². The number of amides is 1. The maximum atomic E-state index is 13.7.